The first-order valence-electron chi connectivity index (χ1n) is 8.22. The average molecular weight is 351 g/mol. The number of benzene rings is 1. The fourth-order valence-electron chi connectivity index (χ4n) is 3.35. The van der Waals surface area contributed by atoms with Crippen LogP contribution in [0, 0.1) is 13.8 Å². The molecule has 0 saturated heterocycles. The molecule has 0 spiro atoms. The number of rotatable bonds is 2. The summed E-state index contributed by atoms with van der Waals surface area (Å²) in [6.45, 7) is 6.13. The van der Waals surface area contributed by atoms with Gasteiger partial charge in [0.05, 0.1) is 0 Å². The molecular formula is C18H20F3N3O. The Morgan fingerprint density at radius 2 is 2.00 bits per heavy atom. The molecule has 4 nitrogen and oxygen atoms in total. The Hall–Kier alpha value is -2.31. The number of carbonyl (C=O) groups excluding carboxylic acids is 1. The van der Waals surface area contributed by atoms with Crippen LogP contribution in [-0.4, -0.2) is 22.2 Å². The summed E-state index contributed by atoms with van der Waals surface area (Å²) in [7, 11) is 0. The smallest absolute Gasteiger partial charge is 0.310 e. The SMILES string of the molecule is Cc1cc(C)c2c(c1)N(C(=O)C(C)n1ccc(C(F)(F)F)n1)CCC2. The molecule has 0 radical (unpaired) electrons. The van der Waals surface area contributed by atoms with Crippen molar-refractivity contribution in [2.24, 2.45) is 0 Å². The van der Waals surface area contributed by atoms with E-state index in [1.807, 2.05) is 19.9 Å². The fourth-order valence-corrected chi connectivity index (χ4v) is 3.35. The zero-order valence-electron chi connectivity index (χ0n) is 14.4. The summed E-state index contributed by atoms with van der Waals surface area (Å²) in [4.78, 5) is 14.6. The van der Waals surface area contributed by atoms with E-state index < -0.39 is 17.9 Å². The minimum atomic E-state index is -4.51. The molecule has 3 rings (SSSR count). The maximum atomic E-state index is 12.9. The van der Waals surface area contributed by atoms with Crippen LogP contribution < -0.4 is 4.90 Å². The van der Waals surface area contributed by atoms with Gasteiger partial charge in [0.1, 0.15) is 6.04 Å². The van der Waals surface area contributed by atoms with Gasteiger partial charge in [0, 0.05) is 18.4 Å². The number of alkyl halides is 3. The molecule has 1 atom stereocenters. The maximum Gasteiger partial charge on any atom is 0.435 e. The van der Waals surface area contributed by atoms with Crippen molar-refractivity contribution in [2.75, 3.05) is 11.4 Å². The third-order valence-electron chi connectivity index (χ3n) is 4.61. The van der Waals surface area contributed by atoms with Gasteiger partial charge in [0.15, 0.2) is 5.69 Å². The summed E-state index contributed by atoms with van der Waals surface area (Å²) >= 11 is 0. The van der Waals surface area contributed by atoms with Crippen LogP contribution in [0.3, 0.4) is 0 Å². The van der Waals surface area contributed by atoms with E-state index in [9.17, 15) is 18.0 Å². The second-order valence-electron chi connectivity index (χ2n) is 6.53. The minimum absolute atomic E-state index is 0.247. The van der Waals surface area contributed by atoms with Crippen LogP contribution >= 0.6 is 0 Å². The summed E-state index contributed by atoms with van der Waals surface area (Å²) in [5.74, 6) is -0.247. The molecule has 0 fully saturated rings. The van der Waals surface area contributed by atoms with Crippen molar-refractivity contribution < 1.29 is 18.0 Å². The molecule has 134 valence electrons. The molecule has 7 heteroatoms. The van der Waals surface area contributed by atoms with Crippen LogP contribution in [-0.2, 0) is 17.4 Å². The molecule has 25 heavy (non-hydrogen) atoms. The number of aryl methyl sites for hydroxylation is 2. The molecule has 0 N–H and O–H groups in total. The second kappa shape index (κ2) is 6.20. The number of nitrogens with zero attached hydrogens (tertiary/aromatic N) is 3. The fraction of sp³-hybridized carbons (Fsp3) is 0.444. The third-order valence-corrected chi connectivity index (χ3v) is 4.61. The third kappa shape index (κ3) is 3.27. The van der Waals surface area contributed by atoms with Crippen LogP contribution in [0.5, 0.6) is 0 Å². The van der Waals surface area contributed by atoms with Crippen LogP contribution in [0.4, 0.5) is 18.9 Å². The first-order valence-corrected chi connectivity index (χ1v) is 8.22. The maximum absolute atomic E-state index is 12.9. The standard InChI is InChI=1S/C18H20F3N3O/c1-11-9-12(2)14-5-4-7-23(15(14)10-11)17(25)13(3)24-8-6-16(22-24)18(19,20)21/h6,8-10,13H,4-5,7H2,1-3H3. The zero-order chi connectivity index (χ0) is 18.4. The van der Waals surface area contributed by atoms with E-state index in [2.05, 4.69) is 11.2 Å². The highest BCUT2D eigenvalue weighted by molar-refractivity contribution is 5.97. The molecule has 1 aromatic carbocycles. The van der Waals surface area contributed by atoms with Crippen LogP contribution in [0.2, 0.25) is 0 Å². The molecule has 0 saturated carbocycles. The van der Waals surface area contributed by atoms with E-state index in [1.54, 1.807) is 11.8 Å². The molecule has 1 aromatic heterocycles. The highest BCUT2D eigenvalue weighted by Crippen LogP contribution is 2.33. The number of carbonyl (C=O) groups is 1. The molecule has 0 bridgehead atoms. The summed E-state index contributed by atoms with van der Waals surface area (Å²) < 4.78 is 39.3. The van der Waals surface area contributed by atoms with Gasteiger partial charge in [0.25, 0.3) is 5.91 Å². The monoisotopic (exact) mass is 351 g/mol. The number of hydrogen-bond donors (Lipinski definition) is 0. The van der Waals surface area contributed by atoms with Crippen molar-refractivity contribution >= 4 is 11.6 Å². The molecular weight excluding hydrogens is 331 g/mol. The summed E-state index contributed by atoms with van der Waals surface area (Å²) in [6, 6.07) is 4.14. The quantitative estimate of drug-likeness (QED) is 0.818. The molecule has 1 aliphatic heterocycles. The van der Waals surface area contributed by atoms with Gasteiger partial charge in [-0.1, -0.05) is 6.07 Å². The molecule has 0 aliphatic carbocycles. The molecule has 2 heterocycles. The van der Waals surface area contributed by atoms with E-state index in [0.29, 0.717) is 6.54 Å². The Morgan fingerprint density at radius 3 is 2.64 bits per heavy atom. The van der Waals surface area contributed by atoms with Crippen LogP contribution in [0.25, 0.3) is 0 Å². The van der Waals surface area contributed by atoms with Gasteiger partial charge in [-0.3, -0.25) is 9.48 Å². The van der Waals surface area contributed by atoms with Crippen LogP contribution in [0.1, 0.15) is 41.8 Å². The van der Waals surface area contributed by atoms with E-state index >= 15 is 0 Å². The van der Waals surface area contributed by atoms with E-state index in [4.69, 9.17) is 0 Å². The summed E-state index contributed by atoms with van der Waals surface area (Å²) in [5.41, 5.74) is 3.20. The van der Waals surface area contributed by atoms with Crippen molar-refractivity contribution in [1.82, 2.24) is 9.78 Å². The topological polar surface area (TPSA) is 38.1 Å². The van der Waals surface area contributed by atoms with Crippen molar-refractivity contribution in [2.45, 2.75) is 45.8 Å². The zero-order valence-corrected chi connectivity index (χ0v) is 14.4. The van der Waals surface area contributed by atoms with Gasteiger partial charge in [-0.2, -0.15) is 18.3 Å². The number of aromatic nitrogens is 2. The van der Waals surface area contributed by atoms with Crippen molar-refractivity contribution in [1.29, 1.82) is 0 Å². The Morgan fingerprint density at radius 1 is 1.28 bits per heavy atom. The Labute approximate surface area is 144 Å². The van der Waals surface area contributed by atoms with Crippen LogP contribution in [0.15, 0.2) is 24.4 Å². The van der Waals surface area contributed by atoms with Crippen molar-refractivity contribution in [3.05, 3.63) is 46.8 Å². The number of amides is 1. The lowest BCUT2D eigenvalue weighted by Crippen LogP contribution is -2.40. The lowest BCUT2D eigenvalue weighted by atomic mass is 9.94. The van der Waals surface area contributed by atoms with Crippen molar-refractivity contribution in [3.8, 4) is 0 Å². The van der Waals surface area contributed by atoms with E-state index in [-0.39, 0.29) is 5.91 Å². The summed E-state index contributed by atoms with van der Waals surface area (Å²) in [5, 5.41) is 3.53. The molecule has 2 aromatic rings. The number of hydrogen-bond acceptors (Lipinski definition) is 2. The Balaban J connectivity index is 1.91. The summed E-state index contributed by atoms with van der Waals surface area (Å²) in [6.07, 6.45) is -1.57. The molecule has 1 unspecified atom stereocenters. The van der Waals surface area contributed by atoms with E-state index in [0.717, 1.165) is 46.0 Å². The average Bonchev–Trinajstić information content (AvgIpc) is 3.03. The predicted octanol–water partition coefficient (Wildman–Crippen LogP) is 4.06. The normalized spacial score (nSPS) is 15.8. The van der Waals surface area contributed by atoms with E-state index in [1.165, 1.54) is 6.20 Å². The number of anilines is 1. The highest BCUT2D eigenvalue weighted by Gasteiger charge is 2.35. The van der Waals surface area contributed by atoms with Gasteiger partial charge < -0.3 is 4.90 Å². The van der Waals surface area contributed by atoms with Gasteiger partial charge in [-0.25, -0.2) is 0 Å². The van der Waals surface area contributed by atoms with Gasteiger partial charge >= 0.3 is 6.18 Å². The molecule has 1 amide bonds. The van der Waals surface area contributed by atoms with Gasteiger partial charge in [-0.15, -0.1) is 0 Å². The second-order valence-corrected chi connectivity index (χ2v) is 6.53. The van der Waals surface area contributed by atoms with Gasteiger partial charge in [0.2, 0.25) is 0 Å². The van der Waals surface area contributed by atoms with Crippen molar-refractivity contribution in [3.63, 3.8) is 0 Å². The number of fused-ring (bicyclic) bond motifs is 1. The minimum Gasteiger partial charge on any atom is -0.310 e. The first kappa shape index (κ1) is 17.5. The Kier molecular flexibility index (Phi) is 4.34. The Bertz CT molecular complexity index is 810. The largest absolute Gasteiger partial charge is 0.435 e. The first-order chi connectivity index (χ1) is 11.7. The lowest BCUT2D eigenvalue weighted by Gasteiger charge is -2.32. The molecule has 1 aliphatic rings. The predicted molar refractivity (Wildman–Crippen MR) is 88.5 cm³/mol. The number of halogens is 3. The highest BCUT2D eigenvalue weighted by atomic mass is 19.4. The van der Waals surface area contributed by atoms with Gasteiger partial charge in [-0.05, 0) is 62.4 Å². The lowest BCUT2D eigenvalue weighted by molar-refractivity contribution is -0.141.